The number of aliphatic hydroxyl groups is 1. The van der Waals surface area contributed by atoms with E-state index in [1.165, 1.54) is 6.92 Å². The molecule has 0 fully saturated rings. The zero-order valence-electron chi connectivity index (χ0n) is 8.57. The molecule has 0 saturated carbocycles. The Hall–Kier alpha value is -1.74. The summed E-state index contributed by atoms with van der Waals surface area (Å²) in [6.07, 6.45) is -1.16. The Morgan fingerprint density at radius 3 is 2.47 bits per heavy atom. The molecular weight excluding hydrogens is 200 g/mol. The molecular formula is C9H14N2O4. The van der Waals surface area contributed by atoms with Crippen LogP contribution in [0.3, 0.4) is 0 Å². The lowest BCUT2D eigenvalue weighted by molar-refractivity contribution is -0.141. The highest BCUT2D eigenvalue weighted by Crippen LogP contribution is 1.92. The second-order valence-electron chi connectivity index (χ2n) is 2.81. The third kappa shape index (κ3) is 5.54. The number of amides is 2. The fourth-order valence-electron chi connectivity index (χ4n) is 0.794. The second-order valence-corrected chi connectivity index (χ2v) is 2.81. The zero-order chi connectivity index (χ0) is 11.8. The summed E-state index contributed by atoms with van der Waals surface area (Å²) in [6, 6.07) is -1.99. The Labute approximate surface area is 87.7 Å². The van der Waals surface area contributed by atoms with Crippen molar-refractivity contribution in [3.63, 3.8) is 0 Å². The lowest BCUT2D eigenvalue weighted by atomic mass is 10.2. The molecule has 0 aliphatic carbocycles. The molecule has 0 spiro atoms. The highest BCUT2D eigenvalue weighted by Gasteiger charge is 2.24. The third-order valence-electron chi connectivity index (χ3n) is 1.55. The molecule has 6 heteroatoms. The first kappa shape index (κ1) is 13.3. The van der Waals surface area contributed by atoms with E-state index in [0.717, 1.165) is 0 Å². The Morgan fingerprint density at radius 1 is 1.47 bits per heavy atom. The number of aliphatic carboxylic acids is 1. The van der Waals surface area contributed by atoms with Gasteiger partial charge in [-0.1, -0.05) is 5.92 Å². The number of rotatable bonds is 4. The van der Waals surface area contributed by atoms with E-state index >= 15 is 0 Å². The van der Waals surface area contributed by atoms with Gasteiger partial charge in [0.1, 0.15) is 0 Å². The summed E-state index contributed by atoms with van der Waals surface area (Å²) in [7, 11) is 0. The molecule has 0 radical (unpaired) electrons. The van der Waals surface area contributed by atoms with Crippen LogP contribution in [0.2, 0.25) is 0 Å². The van der Waals surface area contributed by atoms with Gasteiger partial charge < -0.3 is 20.8 Å². The van der Waals surface area contributed by atoms with E-state index in [1.54, 1.807) is 6.92 Å². The Balaban J connectivity index is 4.10. The number of carbonyl (C=O) groups is 2. The van der Waals surface area contributed by atoms with Crippen LogP contribution >= 0.6 is 0 Å². The van der Waals surface area contributed by atoms with Gasteiger partial charge in [0.05, 0.1) is 12.6 Å². The van der Waals surface area contributed by atoms with Crippen molar-refractivity contribution in [2.45, 2.75) is 26.0 Å². The van der Waals surface area contributed by atoms with E-state index in [1.807, 2.05) is 0 Å². The van der Waals surface area contributed by atoms with E-state index in [0.29, 0.717) is 0 Å². The molecule has 0 rings (SSSR count). The van der Waals surface area contributed by atoms with Crippen LogP contribution in [0.5, 0.6) is 0 Å². The number of carboxylic acid groups (broad SMARTS) is 1. The van der Waals surface area contributed by atoms with Gasteiger partial charge in [-0.2, -0.15) is 0 Å². The molecule has 0 aliphatic heterocycles. The number of nitrogens with one attached hydrogen (secondary N) is 2. The van der Waals surface area contributed by atoms with Crippen LogP contribution < -0.4 is 10.6 Å². The van der Waals surface area contributed by atoms with Gasteiger partial charge in [-0.05, 0) is 13.8 Å². The molecule has 2 atom stereocenters. The fourth-order valence-corrected chi connectivity index (χ4v) is 0.794. The second kappa shape index (κ2) is 6.68. The number of aliphatic hydroxyl groups excluding tert-OH is 1. The molecule has 0 bridgehead atoms. The van der Waals surface area contributed by atoms with Crippen molar-refractivity contribution < 1.29 is 19.8 Å². The normalized spacial score (nSPS) is 13.0. The van der Waals surface area contributed by atoms with Crippen LogP contribution in [0, 0.1) is 11.8 Å². The molecule has 4 N–H and O–H groups in total. The predicted octanol–water partition coefficient (Wildman–Crippen LogP) is -0.857. The van der Waals surface area contributed by atoms with E-state index in [-0.39, 0.29) is 6.54 Å². The average molecular weight is 214 g/mol. The van der Waals surface area contributed by atoms with Crippen LogP contribution in [-0.4, -0.2) is 40.9 Å². The summed E-state index contributed by atoms with van der Waals surface area (Å²) in [5, 5.41) is 22.1. The van der Waals surface area contributed by atoms with Gasteiger partial charge in [-0.3, -0.25) is 0 Å². The van der Waals surface area contributed by atoms with E-state index in [9.17, 15) is 9.59 Å². The SMILES string of the molecule is CC#CCNC(=O)N[C@H](C(=O)O)[C@@H](C)O. The summed E-state index contributed by atoms with van der Waals surface area (Å²) in [5.74, 6) is 3.85. The quantitative estimate of drug-likeness (QED) is 0.458. The zero-order valence-corrected chi connectivity index (χ0v) is 8.57. The topological polar surface area (TPSA) is 98.7 Å². The minimum atomic E-state index is -1.32. The van der Waals surface area contributed by atoms with Crippen molar-refractivity contribution >= 4 is 12.0 Å². The third-order valence-corrected chi connectivity index (χ3v) is 1.55. The summed E-state index contributed by atoms with van der Waals surface area (Å²) in [4.78, 5) is 21.6. The van der Waals surface area contributed by atoms with Crippen molar-refractivity contribution in [3.8, 4) is 11.8 Å². The molecule has 0 aliphatic rings. The monoisotopic (exact) mass is 214 g/mol. The lowest BCUT2D eigenvalue weighted by Crippen LogP contribution is -2.51. The molecule has 15 heavy (non-hydrogen) atoms. The van der Waals surface area contributed by atoms with Crippen molar-refractivity contribution in [1.29, 1.82) is 0 Å². The van der Waals surface area contributed by atoms with Gasteiger partial charge in [0.25, 0.3) is 0 Å². The summed E-state index contributed by atoms with van der Waals surface area (Å²) >= 11 is 0. The predicted molar refractivity (Wildman–Crippen MR) is 53.1 cm³/mol. The van der Waals surface area contributed by atoms with E-state index in [4.69, 9.17) is 10.2 Å². The average Bonchev–Trinajstić information content (AvgIpc) is 2.13. The Bertz CT molecular complexity index is 290. The standard InChI is InChI=1S/C9H14N2O4/c1-3-4-5-10-9(15)11-7(6(2)12)8(13)14/h6-7,12H,5H2,1-2H3,(H,13,14)(H2,10,11,15)/t6-,7+/m1/s1. The van der Waals surface area contributed by atoms with Gasteiger partial charge in [0, 0.05) is 0 Å². The van der Waals surface area contributed by atoms with Crippen molar-refractivity contribution in [3.05, 3.63) is 0 Å². The van der Waals surface area contributed by atoms with Crippen LogP contribution in [0.15, 0.2) is 0 Å². The number of carbonyl (C=O) groups excluding carboxylic acids is 1. The first-order valence-electron chi connectivity index (χ1n) is 4.34. The highest BCUT2D eigenvalue weighted by molar-refractivity contribution is 5.83. The lowest BCUT2D eigenvalue weighted by Gasteiger charge is -2.16. The van der Waals surface area contributed by atoms with Crippen LogP contribution in [0.1, 0.15) is 13.8 Å². The van der Waals surface area contributed by atoms with Crippen molar-refractivity contribution in [2.75, 3.05) is 6.54 Å². The smallest absolute Gasteiger partial charge is 0.328 e. The number of hydrogen-bond donors (Lipinski definition) is 4. The Kier molecular flexibility index (Phi) is 5.90. The molecule has 0 saturated heterocycles. The van der Waals surface area contributed by atoms with Crippen LogP contribution in [0.25, 0.3) is 0 Å². The molecule has 0 unspecified atom stereocenters. The largest absolute Gasteiger partial charge is 0.480 e. The van der Waals surface area contributed by atoms with Crippen LogP contribution in [0.4, 0.5) is 4.79 Å². The minimum Gasteiger partial charge on any atom is -0.480 e. The summed E-state index contributed by atoms with van der Waals surface area (Å²) in [5.41, 5.74) is 0. The summed E-state index contributed by atoms with van der Waals surface area (Å²) in [6.45, 7) is 3.04. The van der Waals surface area contributed by atoms with Gasteiger partial charge in [0.2, 0.25) is 0 Å². The molecule has 84 valence electrons. The maximum absolute atomic E-state index is 11.1. The van der Waals surface area contributed by atoms with E-state index < -0.39 is 24.1 Å². The molecule has 0 aromatic heterocycles. The number of urea groups is 1. The van der Waals surface area contributed by atoms with Gasteiger partial charge in [0.15, 0.2) is 6.04 Å². The van der Waals surface area contributed by atoms with Gasteiger partial charge in [-0.15, -0.1) is 5.92 Å². The maximum Gasteiger partial charge on any atom is 0.328 e. The molecule has 0 aromatic rings. The Morgan fingerprint density at radius 2 is 2.07 bits per heavy atom. The van der Waals surface area contributed by atoms with Gasteiger partial charge >= 0.3 is 12.0 Å². The maximum atomic E-state index is 11.1. The fraction of sp³-hybridized carbons (Fsp3) is 0.556. The number of hydrogen-bond acceptors (Lipinski definition) is 3. The first-order chi connectivity index (χ1) is 6.99. The molecule has 6 nitrogen and oxygen atoms in total. The van der Waals surface area contributed by atoms with Gasteiger partial charge in [-0.25, -0.2) is 9.59 Å². The molecule has 0 heterocycles. The first-order valence-corrected chi connectivity index (χ1v) is 4.34. The molecule has 2 amide bonds. The highest BCUT2D eigenvalue weighted by atomic mass is 16.4. The minimum absolute atomic E-state index is 0.133. The molecule has 0 aromatic carbocycles. The van der Waals surface area contributed by atoms with Crippen LogP contribution in [-0.2, 0) is 4.79 Å². The van der Waals surface area contributed by atoms with Crippen molar-refractivity contribution in [2.24, 2.45) is 0 Å². The summed E-state index contributed by atoms with van der Waals surface area (Å²) < 4.78 is 0. The van der Waals surface area contributed by atoms with E-state index in [2.05, 4.69) is 22.5 Å². The number of carboxylic acids is 1. The van der Waals surface area contributed by atoms with Crippen molar-refractivity contribution in [1.82, 2.24) is 10.6 Å².